The molecule has 126 valence electrons. The zero-order valence-corrected chi connectivity index (χ0v) is 14.2. The number of carbonyl (C=O) groups is 2. The predicted octanol–water partition coefficient (Wildman–Crippen LogP) is 3.04. The normalized spacial score (nSPS) is 15.6. The maximum atomic E-state index is 13.0. The van der Waals surface area contributed by atoms with Gasteiger partial charge < -0.3 is 9.67 Å². The first-order valence-corrected chi connectivity index (χ1v) is 8.70. The highest BCUT2D eigenvalue weighted by molar-refractivity contribution is 7.17. The second-order valence-corrected chi connectivity index (χ2v) is 6.81. The van der Waals surface area contributed by atoms with Gasteiger partial charge in [0.15, 0.2) is 6.04 Å². The van der Waals surface area contributed by atoms with Crippen LogP contribution in [0.3, 0.4) is 0 Å². The number of carboxylic acid groups (broad SMARTS) is 1. The highest BCUT2D eigenvalue weighted by Gasteiger charge is 2.32. The summed E-state index contributed by atoms with van der Waals surface area (Å²) in [6.45, 7) is 1.88. The molecule has 0 spiro atoms. The molecule has 1 N–H and O–H groups in total. The molecule has 1 amide bonds. The van der Waals surface area contributed by atoms with Crippen molar-refractivity contribution in [3.8, 4) is 0 Å². The van der Waals surface area contributed by atoms with Gasteiger partial charge >= 0.3 is 5.97 Å². The van der Waals surface area contributed by atoms with Crippen LogP contribution in [0.1, 0.15) is 23.0 Å². The van der Waals surface area contributed by atoms with Gasteiger partial charge in [-0.15, -0.1) is 11.3 Å². The summed E-state index contributed by atoms with van der Waals surface area (Å²) in [5.74, 6) is -1.49. The van der Waals surface area contributed by atoms with Crippen LogP contribution in [0.4, 0.5) is 0 Å². The summed E-state index contributed by atoms with van der Waals surface area (Å²) in [6, 6.07) is 12.2. The number of benzene rings is 1. The lowest BCUT2D eigenvalue weighted by atomic mass is 10.1. The lowest BCUT2D eigenvalue weighted by Gasteiger charge is -2.20. The Bertz CT molecular complexity index is 1000. The largest absolute Gasteiger partial charge is 0.480 e. The summed E-state index contributed by atoms with van der Waals surface area (Å²) in [5.41, 5.74) is 2.94. The molecular formula is C18H15N3O3S. The fourth-order valence-corrected chi connectivity index (χ4v) is 3.77. The Labute approximate surface area is 147 Å². The molecule has 3 heterocycles. The summed E-state index contributed by atoms with van der Waals surface area (Å²) >= 11 is 1.55. The van der Waals surface area contributed by atoms with Gasteiger partial charge in [0, 0.05) is 0 Å². The summed E-state index contributed by atoms with van der Waals surface area (Å²) in [7, 11) is 0. The van der Waals surface area contributed by atoms with Gasteiger partial charge in [-0.05, 0) is 30.0 Å². The quantitative estimate of drug-likeness (QED) is 0.786. The summed E-state index contributed by atoms with van der Waals surface area (Å²) in [4.78, 5) is 24.4. The topological polar surface area (TPSA) is 74.9 Å². The van der Waals surface area contributed by atoms with E-state index in [0.717, 1.165) is 20.8 Å². The summed E-state index contributed by atoms with van der Waals surface area (Å²) in [5, 5.41) is 16.9. The smallest absolute Gasteiger partial charge is 0.328 e. The molecule has 3 aromatic rings. The van der Waals surface area contributed by atoms with Crippen LogP contribution in [0.25, 0.3) is 10.2 Å². The number of carboxylic acids is 1. The molecule has 0 fully saturated rings. The zero-order valence-electron chi connectivity index (χ0n) is 13.4. The minimum Gasteiger partial charge on any atom is -0.480 e. The molecule has 1 unspecified atom stereocenters. The van der Waals surface area contributed by atoms with Gasteiger partial charge in [-0.25, -0.2) is 9.80 Å². The third-order valence-electron chi connectivity index (χ3n) is 4.32. The van der Waals surface area contributed by atoms with Crippen molar-refractivity contribution in [2.45, 2.75) is 19.5 Å². The van der Waals surface area contributed by atoms with E-state index in [9.17, 15) is 14.7 Å². The van der Waals surface area contributed by atoms with Crippen molar-refractivity contribution in [1.29, 1.82) is 0 Å². The van der Waals surface area contributed by atoms with Gasteiger partial charge in [0.05, 0.1) is 22.5 Å². The van der Waals surface area contributed by atoms with E-state index >= 15 is 0 Å². The number of hydrogen-bond donors (Lipinski definition) is 1. The van der Waals surface area contributed by atoms with E-state index in [1.165, 1.54) is 6.92 Å². The molecule has 4 rings (SSSR count). The minimum atomic E-state index is -1.09. The monoisotopic (exact) mass is 353 g/mol. The van der Waals surface area contributed by atoms with Crippen molar-refractivity contribution in [2.24, 2.45) is 5.10 Å². The van der Waals surface area contributed by atoms with Gasteiger partial charge in [-0.2, -0.15) is 5.10 Å². The number of thiophene rings is 1. The highest BCUT2D eigenvalue weighted by atomic mass is 32.1. The molecule has 0 radical (unpaired) electrons. The van der Waals surface area contributed by atoms with Crippen molar-refractivity contribution in [3.63, 3.8) is 0 Å². The third kappa shape index (κ3) is 2.53. The molecule has 1 aromatic carbocycles. The average Bonchev–Trinajstić information content (AvgIpc) is 3.16. The van der Waals surface area contributed by atoms with Crippen LogP contribution in [-0.4, -0.2) is 38.3 Å². The Hall–Kier alpha value is -2.93. The SMILES string of the molecule is CC(C(=O)O)N1N=C(c2ccccc2)Cn2c(cc3sccc32)C1=O. The van der Waals surface area contributed by atoms with Gasteiger partial charge in [-0.1, -0.05) is 30.3 Å². The van der Waals surface area contributed by atoms with Crippen molar-refractivity contribution >= 4 is 39.1 Å². The first kappa shape index (κ1) is 15.6. The van der Waals surface area contributed by atoms with E-state index in [2.05, 4.69) is 5.10 Å². The lowest BCUT2D eigenvalue weighted by molar-refractivity contribution is -0.141. The summed E-state index contributed by atoms with van der Waals surface area (Å²) in [6.07, 6.45) is 0. The van der Waals surface area contributed by atoms with Crippen LogP contribution in [0.15, 0.2) is 52.9 Å². The fraction of sp³-hybridized carbons (Fsp3) is 0.167. The van der Waals surface area contributed by atoms with Crippen LogP contribution in [0.5, 0.6) is 0 Å². The van der Waals surface area contributed by atoms with E-state index in [4.69, 9.17) is 0 Å². The molecule has 1 aliphatic rings. The van der Waals surface area contributed by atoms with Crippen molar-refractivity contribution in [3.05, 3.63) is 59.1 Å². The number of aromatic nitrogens is 1. The van der Waals surface area contributed by atoms with Crippen LogP contribution >= 0.6 is 11.3 Å². The fourth-order valence-electron chi connectivity index (χ4n) is 2.95. The van der Waals surface area contributed by atoms with Crippen molar-refractivity contribution < 1.29 is 14.7 Å². The van der Waals surface area contributed by atoms with Crippen molar-refractivity contribution in [2.75, 3.05) is 0 Å². The minimum absolute atomic E-state index is 0.399. The Kier molecular flexibility index (Phi) is 3.65. The first-order valence-electron chi connectivity index (χ1n) is 7.82. The average molecular weight is 353 g/mol. The van der Waals surface area contributed by atoms with E-state index in [1.807, 2.05) is 52.4 Å². The first-order chi connectivity index (χ1) is 12.1. The summed E-state index contributed by atoms with van der Waals surface area (Å²) < 4.78 is 2.91. The second kappa shape index (κ2) is 5.86. The van der Waals surface area contributed by atoms with E-state index in [1.54, 1.807) is 11.3 Å². The molecule has 0 bridgehead atoms. The Balaban J connectivity index is 1.92. The van der Waals surface area contributed by atoms with Gasteiger partial charge in [0.2, 0.25) is 0 Å². The zero-order chi connectivity index (χ0) is 17.6. The maximum Gasteiger partial charge on any atom is 0.328 e. The molecule has 25 heavy (non-hydrogen) atoms. The number of carbonyl (C=O) groups excluding carboxylic acids is 1. The molecule has 0 saturated carbocycles. The van der Waals surface area contributed by atoms with Crippen LogP contribution in [-0.2, 0) is 11.3 Å². The molecule has 0 aliphatic carbocycles. The third-order valence-corrected chi connectivity index (χ3v) is 5.17. The molecule has 2 aromatic heterocycles. The number of hydrazone groups is 1. The second-order valence-electron chi connectivity index (χ2n) is 5.86. The maximum absolute atomic E-state index is 13.0. The van der Waals surface area contributed by atoms with Crippen LogP contribution in [0.2, 0.25) is 0 Å². The van der Waals surface area contributed by atoms with E-state index in [-0.39, 0.29) is 0 Å². The molecule has 0 saturated heterocycles. The predicted molar refractivity (Wildman–Crippen MR) is 96.1 cm³/mol. The number of nitrogens with zero attached hydrogens (tertiary/aromatic N) is 3. The molecular weight excluding hydrogens is 338 g/mol. The van der Waals surface area contributed by atoms with Crippen molar-refractivity contribution in [1.82, 2.24) is 9.58 Å². The van der Waals surface area contributed by atoms with Crippen LogP contribution < -0.4 is 0 Å². The molecule has 7 heteroatoms. The Morgan fingerprint density at radius 1 is 1.28 bits per heavy atom. The van der Waals surface area contributed by atoms with Gasteiger partial charge in [-0.3, -0.25) is 4.79 Å². The molecule has 1 atom stereocenters. The van der Waals surface area contributed by atoms with E-state index < -0.39 is 17.9 Å². The molecule has 6 nitrogen and oxygen atoms in total. The number of hydrogen-bond acceptors (Lipinski definition) is 4. The van der Waals surface area contributed by atoms with Gasteiger partial charge in [0.1, 0.15) is 5.69 Å². The lowest BCUT2D eigenvalue weighted by Crippen LogP contribution is -2.39. The highest BCUT2D eigenvalue weighted by Crippen LogP contribution is 2.29. The standard InChI is InChI=1S/C18H15N3O3S/c1-11(18(23)24)21-17(22)15-9-16-14(7-8-25-16)20(15)10-13(19-21)12-5-3-2-4-6-12/h2-9,11H,10H2,1H3,(H,23,24). The number of aliphatic carboxylic acids is 1. The van der Waals surface area contributed by atoms with Gasteiger partial charge in [0.25, 0.3) is 5.91 Å². The number of fused-ring (bicyclic) bond motifs is 3. The number of amides is 1. The Morgan fingerprint density at radius 3 is 2.76 bits per heavy atom. The van der Waals surface area contributed by atoms with Crippen LogP contribution in [0, 0.1) is 0 Å². The molecule has 1 aliphatic heterocycles. The Morgan fingerprint density at radius 2 is 2.04 bits per heavy atom. The van der Waals surface area contributed by atoms with E-state index in [0.29, 0.717) is 18.0 Å². The number of rotatable bonds is 3.